The fourth-order valence-electron chi connectivity index (χ4n) is 8.06. The number of nitrogens with zero attached hydrogens (tertiary/aromatic N) is 4. The van der Waals surface area contributed by atoms with Crippen LogP contribution in [0.2, 0.25) is 5.02 Å². The van der Waals surface area contributed by atoms with Gasteiger partial charge < -0.3 is 14.4 Å². The molecule has 1 spiro atoms. The monoisotopic (exact) mass is 747 g/mol. The first-order chi connectivity index (χ1) is 23.6. The van der Waals surface area contributed by atoms with Crippen molar-refractivity contribution in [2.24, 2.45) is 0 Å². The number of hydroxylamine groups is 3. The van der Waals surface area contributed by atoms with E-state index in [1.807, 2.05) is 14.0 Å². The minimum atomic E-state index is -4.04. The van der Waals surface area contributed by atoms with Crippen molar-refractivity contribution in [3.8, 4) is 0 Å². The van der Waals surface area contributed by atoms with Crippen LogP contribution < -0.4 is 0 Å². The fraction of sp³-hybridized carbons (Fsp3) is 0.514. The van der Waals surface area contributed by atoms with Gasteiger partial charge in [0.25, 0.3) is 0 Å². The van der Waals surface area contributed by atoms with Crippen LogP contribution in [0.15, 0.2) is 70.5 Å². The number of hydrogen-bond donors (Lipinski definition) is 0. The van der Waals surface area contributed by atoms with Crippen molar-refractivity contribution in [2.75, 3.05) is 66.6 Å². The number of hydrogen-bond acceptors (Lipinski definition) is 9. The molecule has 4 heterocycles. The highest BCUT2D eigenvalue weighted by Crippen LogP contribution is 2.44. The first-order valence-corrected chi connectivity index (χ1v) is 20.2. The Labute approximate surface area is 299 Å². The summed E-state index contributed by atoms with van der Waals surface area (Å²) in [6, 6.07) is 17.1. The molecule has 0 aliphatic carbocycles. The number of rotatable bonds is 8. The predicted molar refractivity (Wildman–Crippen MR) is 187 cm³/mol. The molecule has 15 heteroatoms. The van der Waals surface area contributed by atoms with Gasteiger partial charge in [0.05, 0.1) is 41.6 Å². The number of ether oxygens (including phenoxy) is 2. The van der Waals surface area contributed by atoms with Gasteiger partial charge in [0.1, 0.15) is 20.1 Å². The first kappa shape index (κ1) is 35.7. The second-order valence-electron chi connectivity index (χ2n) is 14.4. The van der Waals surface area contributed by atoms with E-state index in [2.05, 4.69) is 4.90 Å². The highest BCUT2D eigenvalue weighted by atomic mass is 35.5. The van der Waals surface area contributed by atoms with Crippen molar-refractivity contribution in [3.63, 3.8) is 0 Å². The normalized spacial score (nSPS) is 28.0. The Balaban J connectivity index is 1.01. The summed E-state index contributed by atoms with van der Waals surface area (Å²) in [5.41, 5.74) is -0.892. The van der Waals surface area contributed by atoms with Crippen LogP contribution in [-0.2, 0) is 38.7 Å². The van der Waals surface area contributed by atoms with Crippen LogP contribution in [0.4, 0.5) is 0 Å². The average Bonchev–Trinajstić information content (AvgIpc) is 3.39. The molecule has 0 aromatic heterocycles. The van der Waals surface area contributed by atoms with Gasteiger partial charge in [0.2, 0.25) is 15.9 Å². The van der Waals surface area contributed by atoms with E-state index in [1.165, 1.54) is 11.4 Å². The van der Waals surface area contributed by atoms with Crippen LogP contribution in [0.3, 0.4) is 0 Å². The number of aryl methyl sites for hydroxylation is 1. The van der Waals surface area contributed by atoms with Gasteiger partial charge in [-0.1, -0.05) is 45.7 Å². The number of halogens is 1. The number of piperidine rings is 2. The van der Waals surface area contributed by atoms with E-state index < -0.39 is 31.5 Å². The van der Waals surface area contributed by atoms with E-state index in [9.17, 15) is 21.6 Å². The molecule has 0 radical (unpaired) electrons. The molecule has 0 saturated carbocycles. The molecule has 4 fully saturated rings. The van der Waals surface area contributed by atoms with Crippen LogP contribution in [0, 0.1) is 6.92 Å². The van der Waals surface area contributed by atoms with E-state index in [1.54, 1.807) is 65.6 Å². The molecule has 12 nitrogen and oxygen atoms in total. The van der Waals surface area contributed by atoms with Gasteiger partial charge in [-0.2, -0.15) is 17.4 Å². The molecule has 3 aromatic rings. The average molecular weight is 748 g/mol. The summed E-state index contributed by atoms with van der Waals surface area (Å²) in [5, 5.41) is 2.12. The predicted octanol–water partition coefficient (Wildman–Crippen LogP) is 3.77. The van der Waals surface area contributed by atoms with Crippen LogP contribution in [0.5, 0.6) is 0 Å². The van der Waals surface area contributed by atoms with Gasteiger partial charge in [0, 0.05) is 44.1 Å². The van der Waals surface area contributed by atoms with E-state index >= 15 is 0 Å². The molecule has 0 N–H and O–H groups in total. The lowest BCUT2D eigenvalue weighted by molar-refractivity contribution is -1.07. The van der Waals surface area contributed by atoms with Crippen molar-refractivity contribution in [2.45, 2.75) is 59.8 Å². The van der Waals surface area contributed by atoms with Crippen molar-refractivity contribution < 1.29 is 40.0 Å². The highest BCUT2D eigenvalue weighted by molar-refractivity contribution is 7.89. The molecular weight excluding hydrogens is 704 g/mol. The van der Waals surface area contributed by atoms with Crippen molar-refractivity contribution >= 4 is 48.4 Å². The number of quaternary nitrogens is 1. The molecule has 4 aliphatic heterocycles. The third-order valence-corrected chi connectivity index (χ3v) is 14.3. The lowest BCUT2D eigenvalue weighted by Gasteiger charge is -2.46. The maximum absolute atomic E-state index is 14.0. The molecule has 4 aliphatic rings. The Hall–Kier alpha value is -2.66. The lowest BCUT2D eigenvalue weighted by Crippen LogP contribution is -2.65. The number of carbonyl (C=O) groups excluding carboxylic acids is 1. The lowest BCUT2D eigenvalue weighted by atomic mass is 9.89. The van der Waals surface area contributed by atoms with Crippen molar-refractivity contribution in [1.29, 1.82) is 0 Å². The summed E-state index contributed by atoms with van der Waals surface area (Å²) in [6.07, 6.45) is 2.90. The smallest absolute Gasteiger partial charge is 0.342 e. The zero-order valence-electron chi connectivity index (χ0n) is 28.6. The topological polar surface area (TPSA) is 123 Å². The molecule has 1 unspecified atom stereocenters. The number of sulfonamides is 1. The van der Waals surface area contributed by atoms with Gasteiger partial charge in [-0.25, -0.2) is 8.42 Å². The summed E-state index contributed by atoms with van der Waals surface area (Å²) in [4.78, 5) is 18.1. The van der Waals surface area contributed by atoms with Crippen LogP contribution in [0.25, 0.3) is 10.8 Å². The molecule has 50 heavy (non-hydrogen) atoms. The van der Waals surface area contributed by atoms with E-state index in [-0.39, 0.29) is 46.1 Å². The minimum Gasteiger partial charge on any atom is -0.380 e. The molecule has 7 rings (SSSR count). The van der Waals surface area contributed by atoms with Gasteiger partial charge >= 0.3 is 10.1 Å². The first-order valence-electron chi connectivity index (χ1n) is 17.0. The summed E-state index contributed by atoms with van der Waals surface area (Å²) < 4.78 is 73.3. The molecule has 270 valence electrons. The standard InChI is InChI=1S/C35H44ClN4O8S2/c1-26-4-9-31(10-5-26)50(44,45)48-40(2)18-12-30(13-19-40)37-16-14-34(15-17-37)23-39-33(41)22-38(24-35(39,47-34)25-46-3)49(42,43)32-11-7-27-20-29(36)8-6-28(27)21-32/h4-11,20-21,30H,12-19,22-25H2,1-3H3/q+1. The molecule has 1 atom stereocenters. The Morgan fingerprint density at radius 3 is 2.24 bits per heavy atom. The van der Waals surface area contributed by atoms with Gasteiger partial charge in [0.15, 0.2) is 5.72 Å². The maximum Gasteiger partial charge on any atom is 0.342 e. The highest BCUT2D eigenvalue weighted by Gasteiger charge is 2.61. The third-order valence-electron chi connectivity index (χ3n) is 10.8. The van der Waals surface area contributed by atoms with Gasteiger partial charge in [-0.3, -0.25) is 9.69 Å². The Morgan fingerprint density at radius 2 is 1.56 bits per heavy atom. The molecule has 0 bridgehead atoms. The largest absolute Gasteiger partial charge is 0.380 e. The van der Waals surface area contributed by atoms with Gasteiger partial charge in [-0.05, 0) is 66.9 Å². The van der Waals surface area contributed by atoms with Crippen molar-refractivity contribution in [3.05, 3.63) is 71.2 Å². The van der Waals surface area contributed by atoms with E-state index in [0.717, 1.165) is 42.3 Å². The zero-order valence-corrected chi connectivity index (χ0v) is 31.0. The second-order valence-corrected chi connectivity index (χ2v) is 18.3. The van der Waals surface area contributed by atoms with Crippen LogP contribution in [0.1, 0.15) is 31.2 Å². The number of amides is 1. The number of methoxy groups -OCH3 is 1. The Kier molecular flexibility index (Phi) is 9.35. The fourth-order valence-corrected chi connectivity index (χ4v) is 10.9. The minimum absolute atomic E-state index is 0.00281. The zero-order chi connectivity index (χ0) is 35.5. The quantitative estimate of drug-likeness (QED) is 0.317. The second kappa shape index (κ2) is 13.1. The summed E-state index contributed by atoms with van der Waals surface area (Å²) in [6.45, 7) is 4.60. The number of benzene rings is 3. The number of likely N-dealkylation sites (tertiary alicyclic amines) is 2. The van der Waals surface area contributed by atoms with Gasteiger partial charge in [-0.15, -0.1) is 0 Å². The Morgan fingerprint density at radius 1 is 0.920 bits per heavy atom. The molecule has 1 amide bonds. The molecule has 4 saturated heterocycles. The van der Waals surface area contributed by atoms with Crippen molar-refractivity contribution in [1.82, 2.24) is 14.1 Å². The van der Waals surface area contributed by atoms with Crippen LogP contribution >= 0.6 is 11.6 Å². The number of piperazine rings is 1. The number of carbonyl (C=O) groups is 1. The van der Waals surface area contributed by atoms with E-state index in [4.69, 9.17) is 25.4 Å². The molecular formula is C35H44ClN4O8S2+. The molecule has 3 aromatic carbocycles. The van der Waals surface area contributed by atoms with Crippen LogP contribution in [-0.4, -0.2) is 125 Å². The third kappa shape index (κ3) is 6.70. The maximum atomic E-state index is 14.0. The Bertz CT molecular complexity index is 2000. The SMILES string of the molecule is COCC12CN(S(=O)(=O)c3ccc4cc(Cl)ccc4c3)CC(=O)N1CC1(CCN(C3CC[N+](C)(OS(=O)(=O)c4ccc(C)cc4)CC3)CC1)O2. The summed E-state index contributed by atoms with van der Waals surface area (Å²) >= 11 is 6.12. The summed E-state index contributed by atoms with van der Waals surface area (Å²) in [5.74, 6) is -0.311. The number of fused-ring (bicyclic) bond motifs is 2. The summed E-state index contributed by atoms with van der Waals surface area (Å²) in [7, 11) is -4.59. The van der Waals surface area contributed by atoms with E-state index in [0.29, 0.717) is 37.5 Å².